The van der Waals surface area contributed by atoms with E-state index in [1.807, 2.05) is 48.7 Å². The predicted octanol–water partition coefficient (Wildman–Crippen LogP) is 3.46. The van der Waals surface area contributed by atoms with Crippen LogP contribution < -0.4 is 19.1 Å². The largest absolute Gasteiger partial charge is 0.493 e. The number of fused-ring (bicyclic) bond motifs is 1. The van der Waals surface area contributed by atoms with E-state index in [1.165, 1.54) is 24.3 Å². The first-order valence-corrected chi connectivity index (χ1v) is 13.6. The Kier molecular flexibility index (Phi) is 6.69. The number of aryl methyl sites for hydroxylation is 2. The number of methoxy groups -OCH3 is 2. The Hall–Kier alpha value is -4.14. The van der Waals surface area contributed by atoms with Crippen molar-refractivity contribution >= 4 is 21.4 Å². The average molecular weight is 533 g/mol. The summed E-state index contributed by atoms with van der Waals surface area (Å²) >= 11 is 0. The van der Waals surface area contributed by atoms with Crippen LogP contribution in [0.4, 0.5) is 5.69 Å². The Balaban J connectivity index is 1.45. The maximum absolute atomic E-state index is 12.9. The van der Waals surface area contributed by atoms with Crippen molar-refractivity contribution in [2.24, 2.45) is 0 Å². The van der Waals surface area contributed by atoms with Gasteiger partial charge in [0.1, 0.15) is 0 Å². The zero-order valence-electron chi connectivity index (χ0n) is 21.6. The molecule has 3 heterocycles. The summed E-state index contributed by atoms with van der Waals surface area (Å²) in [5.41, 5.74) is 5.38. The Bertz CT molecular complexity index is 1660. The molecule has 2 aromatic heterocycles. The molecular weight excluding hydrogens is 504 g/mol. The Morgan fingerprint density at radius 3 is 2.47 bits per heavy atom. The fourth-order valence-corrected chi connectivity index (χ4v) is 6.11. The summed E-state index contributed by atoms with van der Waals surface area (Å²) < 4.78 is 41.4. The average Bonchev–Trinajstić information content (AvgIpc) is 3.50. The zero-order valence-corrected chi connectivity index (χ0v) is 22.4. The van der Waals surface area contributed by atoms with E-state index in [-0.39, 0.29) is 10.9 Å². The SMILES string of the molecule is COc1ccc(-c2c(C)nc3c(N4CC[C@@H](NS(=O)(=O)c5ccc(C#N)cc5)C4)cc(C)nn23)cc1OC. The van der Waals surface area contributed by atoms with Crippen molar-refractivity contribution in [1.82, 2.24) is 19.3 Å². The number of nitriles is 1. The van der Waals surface area contributed by atoms with E-state index in [4.69, 9.17) is 24.8 Å². The van der Waals surface area contributed by atoms with Gasteiger partial charge >= 0.3 is 0 Å². The molecule has 1 aliphatic rings. The van der Waals surface area contributed by atoms with Crippen LogP contribution in [0, 0.1) is 25.2 Å². The molecule has 0 aliphatic carbocycles. The molecule has 5 rings (SSSR count). The molecule has 0 spiro atoms. The third-order valence-electron chi connectivity index (χ3n) is 6.66. The monoisotopic (exact) mass is 532 g/mol. The van der Waals surface area contributed by atoms with Crippen molar-refractivity contribution in [3.8, 4) is 28.8 Å². The van der Waals surface area contributed by atoms with E-state index < -0.39 is 10.0 Å². The highest BCUT2D eigenvalue weighted by Gasteiger charge is 2.30. The second kappa shape index (κ2) is 9.96. The fraction of sp³-hybridized carbons (Fsp3) is 0.296. The number of nitrogens with zero attached hydrogens (tertiary/aromatic N) is 5. The van der Waals surface area contributed by atoms with Crippen molar-refractivity contribution in [2.45, 2.75) is 31.2 Å². The van der Waals surface area contributed by atoms with Crippen LogP contribution in [0.15, 0.2) is 53.4 Å². The standard InChI is InChI=1S/C27H28N6O4S/c1-17-13-23(32-12-11-21(16-32)31-38(34,35)22-8-5-19(15-28)6-9-22)27-29-18(2)26(33(27)30-17)20-7-10-24(36-3)25(14-20)37-4/h5-10,13-14,21,31H,11-12,16H2,1-4H3/t21-/m1/s1. The topological polar surface area (TPSA) is 122 Å². The van der Waals surface area contributed by atoms with E-state index in [1.54, 1.807) is 14.2 Å². The van der Waals surface area contributed by atoms with Gasteiger partial charge in [-0.15, -0.1) is 0 Å². The second-order valence-electron chi connectivity index (χ2n) is 9.21. The van der Waals surface area contributed by atoms with Gasteiger partial charge in [0.25, 0.3) is 0 Å². The molecular formula is C27H28N6O4S. The number of imidazole rings is 1. The number of nitrogens with one attached hydrogen (secondary N) is 1. The number of sulfonamides is 1. The minimum atomic E-state index is -3.72. The molecule has 0 bridgehead atoms. The molecule has 1 N–H and O–H groups in total. The van der Waals surface area contributed by atoms with Gasteiger partial charge in [-0.05, 0) is 68.8 Å². The Labute approximate surface area is 221 Å². The third kappa shape index (κ3) is 4.64. The second-order valence-corrected chi connectivity index (χ2v) is 10.9. The summed E-state index contributed by atoms with van der Waals surface area (Å²) in [6.45, 7) is 5.03. The molecule has 1 saturated heterocycles. The first-order chi connectivity index (χ1) is 18.2. The zero-order chi connectivity index (χ0) is 27.0. The van der Waals surface area contributed by atoms with Gasteiger partial charge in [-0.1, -0.05) is 0 Å². The highest BCUT2D eigenvalue weighted by Crippen LogP contribution is 2.36. The number of hydrogen-bond acceptors (Lipinski definition) is 8. The normalized spacial score (nSPS) is 15.6. The van der Waals surface area contributed by atoms with Crippen molar-refractivity contribution in [2.75, 3.05) is 32.2 Å². The van der Waals surface area contributed by atoms with Gasteiger partial charge < -0.3 is 14.4 Å². The number of rotatable bonds is 7. The number of aromatic nitrogens is 3. The van der Waals surface area contributed by atoms with Crippen LogP contribution in [0.1, 0.15) is 23.4 Å². The maximum atomic E-state index is 12.9. The molecule has 11 heteroatoms. The number of benzene rings is 2. The number of anilines is 1. The van der Waals surface area contributed by atoms with Crippen LogP contribution in [-0.2, 0) is 10.0 Å². The molecule has 4 aromatic rings. The van der Waals surface area contributed by atoms with E-state index in [9.17, 15) is 8.42 Å². The molecule has 1 fully saturated rings. The van der Waals surface area contributed by atoms with Crippen molar-refractivity contribution in [3.05, 3.63) is 65.5 Å². The summed E-state index contributed by atoms with van der Waals surface area (Å²) in [4.78, 5) is 7.14. The molecule has 38 heavy (non-hydrogen) atoms. The van der Waals surface area contributed by atoms with Gasteiger partial charge in [-0.2, -0.15) is 10.4 Å². The van der Waals surface area contributed by atoms with E-state index in [0.717, 1.165) is 28.3 Å². The van der Waals surface area contributed by atoms with Gasteiger partial charge in [0.05, 0.1) is 53.5 Å². The minimum Gasteiger partial charge on any atom is -0.493 e. The van der Waals surface area contributed by atoms with Gasteiger partial charge in [0.2, 0.25) is 10.0 Å². The first kappa shape index (κ1) is 25.5. The lowest BCUT2D eigenvalue weighted by Crippen LogP contribution is -2.37. The highest BCUT2D eigenvalue weighted by atomic mass is 32.2. The van der Waals surface area contributed by atoms with Gasteiger partial charge in [-0.3, -0.25) is 0 Å². The quantitative estimate of drug-likeness (QED) is 0.384. The molecule has 196 valence electrons. The van der Waals surface area contributed by atoms with Gasteiger partial charge in [0, 0.05) is 24.7 Å². The van der Waals surface area contributed by atoms with Gasteiger partial charge in [0.15, 0.2) is 17.1 Å². The summed E-state index contributed by atoms with van der Waals surface area (Å²) in [5.74, 6) is 1.25. The fourth-order valence-electron chi connectivity index (χ4n) is 4.85. The Morgan fingerprint density at radius 1 is 1.05 bits per heavy atom. The predicted molar refractivity (Wildman–Crippen MR) is 143 cm³/mol. The highest BCUT2D eigenvalue weighted by molar-refractivity contribution is 7.89. The number of hydrogen-bond donors (Lipinski definition) is 1. The molecule has 10 nitrogen and oxygen atoms in total. The van der Waals surface area contributed by atoms with Crippen LogP contribution in [0.2, 0.25) is 0 Å². The Morgan fingerprint density at radius 2 is 1.79 bits per heavy atom. The van der Waals surface area contributed by atoms with E-state index in [0.29, 0.717) is 42.2 Å². The third-order valence-corrected chi connectivity index (χ3v) is 8.20. The number of ether oxygens (including phenoxy) is 2. The van der Waals surface area contributed by atoms with Crippen LogP contribution in [0.3, 0.4) is 0 Å². The molecule has 0 unspecified atom stereocenters. The van der Waals surface area contributed by atoms with Crippen LogP contribution >= 0.6 is 0 Å². The van der Waals surface area contributed by atoms with Crippen LogP contribution in [-0.4, -0.2) is 56.4 Å². The van der Waals surface area contributed by atoms with Crippen LogP contribution in [0.5, 0.6) is 11.5 Å². The first-order valence-electron chi connectivity index (χ1n) is 12.1. The van der Waals surface area contributed by atoms with Crippen molar-refractivity contribution < 1.29 is 17.9 Å². The molecule has 2 aromatic carbocycles. The molecule has 0 amide bonds. The summed E-state index contributed by atoms with van der Waals surface area (Å²) in [6, 6.07) is 15.3. The van der Waals surface area contributed by atoms with Crippen molar-refractivity contribution in [3.63, 3.8) is 0 Å². The smallest absolute Gasteiger partial charge is 0.240 e. The van der Waals surface area contributed by atoms with E-state index in [2.05, 4.69) is 9.62 Å². The molecule has 1 atom stereocenters. The summed E-state index contributed by atoms with van der Waals surface area (Å²) in [5, 5.41) is 13.7. The molecule has 0 radical (unpaired) electrons. The lowest BCUT2D eigenvalue weighted by Gasteiger charge is -2.20. The summed E-state index contributed by atoms with van der Waals surface area (Å²) in [6.07, 6.45) is 0.644. The minimum absolute atomic E-state index is 0.139. The van der Waals surface area contributed by atoms with Crippen molar-refractivity contribution in [1.29, 1.82) is 5.26 Å². The van der Waals surface area contributed by atoms with Gasteiger partial charge in [-0.25, -0.2) is 22.6 Å². The molecule has 0 saturated carbocycles. The summed E-state index contributed by atoms with van der Waals surface area (Å²) in [7, 11) is -0.518. The molecule has 1 aliphatic heterocycles. The van der Waals surface area contributed by atoms with E-state index >= 15 is 0 Å². The lowest BCUT2D eigenvalue weighted by molar-refractivity contribution is 0.355. The maximum Gasteiger partial charge on any atom is 0.240 e. The van der Waals surface area contributed by atoms with Crippen LogP contribution in [0.25, 0.3) is 16.9 Å². The lowest BCUT2D eigenvalue weighted by atomic mass is 10.1.